The molecule has 0 spiro atoms. The Kier molecular flexibility index (Phi) is 2.96. The smallest absolute Gasteiger partial charge is 0.337 e. The van der Waals surface area contributed by atoms with Crippen LogP contribution in [0.3, 0.4) is 0 Å². The Balaban J connectivity index is 2.19. The van der Waals surface area contributed by atoms with Gasteiger partial charge in [0.15, 0.2) is 0 Å². The van der Waals surface area contributed by atoms with Gasteiger partial charge in [0.2, 0.25) is 0 Å². The zero-order chi connectivity index (χ0) is 12.6. The summed E-state index contributed by atoms with van der Waals surface area (Å²) >= 11 is 0. The highest BCUT2D eigenvalue weighted by Gasteiger charge is 2.33. The average Bonchev–Trinajstić information content (AvgIpc) is 2.93. The number of hydrogen-bond donors (Lipinski definition) is 2. The zero-order valence-electron chi connectivity index (χ0n) is 10.2. The van der Waals surface area contributed by atoms with E-state index in [0.717, 1.165) is 18.2 Å². The Morgan fingerprint density at radius 3 is 2.76 bits per heavy atom. The molecular weight excluding hydrogens is 216 g/mol. The van der Waals surface area contributed by atoms with Crippen LogP contribution in [0.2, 0.25) is 0 Å². The van der Waals surface area contributed by atoms with E-state index in [1.165, 1.54) is 12.5 Å². The van der Waals surface area contributed by atoms with Crippen molar-refractivity contribution >= 4 is 17.3 Å². The van der Waals surface area contributed by atoms with Crippen molar-refractivity contribution in [1.82, 2.24) is 0 Å². The topological polar surface area (TPSA) is 66.6 Å². The van der Waals surface area contributed by atoms with Crippen molar-refractivity contribution in [3.63, 3.8) is 0 Å². The van der Waals surface area contributed by atoms with Crippen LogP contribution in [0, 0.1) is 11.8 Å². The first-order valence-corrected chi connectivity index (χ1v) is 5.83. The Bertz CT molecular complexity index is 445. The number of nitrogen functional groups attached to an aromatic ring is 1. The van der Waals surface area contributed by atoms with Crippen molar-refractivity contribution in [1.29, 1.82) is 0 Å². The number of nitrogens with two attached hydrogens (primary N) is 1. The highest BCUT2D eigenvalue weighted by atomic mass is 16.4. The van der Waals surface area contributed by atoms with E-state index >= 15 is 0 Å². The molecule has 92 valence electrons. The molecule has 0 heterocycles. The Morgan fingerprint density at radius 1 is 1.59 bits per heavy atom. The zero-order valence-corrected chi connectivity index (χ0v) is 10.2. The van der Waals surface area contributed by atoms with Gasteiger partial charge < -0.3 is 15.7 Å². The van der Waals surface area contributed by atoms with Crippen molar-refractivity contribution in [3.05, 3.63) is 23.8 Å². The van der Waals surface area contributed by atoms with Crippen LogP contribution in [0.25, 0.3) is 0 Å². The van der Waals surface area contributed by atoms with Gasteiger partial charge in [-0.15, -0.1) is 0 Å². The van der Waals surface area contributed by atoms with Gasteiger partial charge in [-0.2, -0.15) is 0 Å². The monoisotopic (exact) mass is 234 g/mol. The molecule has 2 rings (SSSR count). The largest absolute Gasteiger partial charge is 0.478 e. The van der Waals surface area contributed by atoms with Crippen molar-refractivity contribution in [2.75, 3.05) is 24.2 Å². The summed E-state index contributed by atoms with van der Waals surface area (Å²) in [6.45, 7) is 3.17. The summed E-state index contributed by atoms with van der Waals surface area (Å²) in [5, 5.41) is 9.01. The van der Waals surface area contributed by atoms with Gasteiger partial charge in [0.05, 0.1) is 16.9 Å². The van der Waals surface area contributed by atoms with Crippen molar-refractivity contribution in [3.8, 4) is 0 Å². The predicted octanol–water partition coefficient (Wildman–Crippen LogP) is 2.06. The van der Waals surface area contributed by atoms with E-state index in [9.17, 15) is 4.79 Å². The summed E-state index contributed by atoms with van der Waals surface area (Å²) in [5.74, 6) is 0.520. The molecule has 0 amide bonds. The van der Waals surface area contributed by atoms with Crippen LogP contribution in [0.5, 0.6) is 0 Å². The Morgan fingerprint density at radius 2 is 2.24 bits per heavy atom. The minimum Gasteiger partial charge on any atom is -0.478 e. The molecule has 3 N–H and O–H groups in total. The fourth-order valence-corrected chi connectivity index (χ4v) is 2.18. The summed E-state index contributed by atoms with van der Waals surface area (Å²) in [7, 11) is 1.96. The summed E-state index contributed by atoms with van der Waals surface area (Å²) in [5.41, 5.74) is 7.24. The molecule has 0 bridgehead atoms. The lowest BCUT2D eigenvalue weighted by Crippen LogP contribution is -2.22. The summed E-state index contributed by atoms with van der Waals surface area (Å²) in [6, 6.07) is 5.14. The highest BCUT2D eigenvalue weighted by Crippen LogP contribution is 2.39. The van der Waals surface area contributed by atoms with Gasteiger partial charge in [0.1, 0.15) is 0 Å². The van der Waals surface area contributed by atoms with Crippen LogP contribution >= 0.6 is 0 Å². The molecule has 1 aromatic rings. The fourth-order valence-electron chi connectivity index (χ4n) is 2.18. The van der Waals surface area contributed by atoms with E-state index in [-0.39, 0.29) is 5.56 Å². The van der Waals surface area contributed by atoms with E-state index < -0.39 is 5.97 Å². The molecule has 1 aromatic carbocycles. The number of nitrogens with zero attached hydrogens (tertiary/aromatic N) is 1. The summed E-state index contributed by atoms with van der Waals surface area (Å²) < 4.78 is 0. The maximum absolute atomic E-state index is 11.0. The molecule has 0 aliphatic heterocycles. The van der Waals surface area contributed by atoms with Gasteiger partial charge in [0.25, 0.3) is 0 Å². The highest BCUT2D eigenvalue weighted by molar-refractivity contribution is 5.97. The molecule has 1 aliphatic rings. The summed E-state index contributed by atoms with van der Waals surface area (Å²) in [6.07, 6.45) is 1.25. The van der Waals surface area contributed by atoms with Crippen LogP contribution in [0.4, 0.5) is 11.4 Å². The Hall–Kier alpha value is -1.71. The molecule has 1 fully saturated rings. The third-order valence-corrected chi connectivity index (χ3v) is 3.51. The van der Waals surface area contributed by atoms with E-state index in [1.54, 1.807) is 6.07 Å². The predicted molar refractivity (Wildman–Crippen MR) is 68.4 cm³/mol. The van der Waals surface area contributed by atoms with Gasteiger partial charge in [0, 0.05) is 13.6 Å². The van der Waals surface area contributed by atoms with Crippen LogP contribution < -0.4 is 10.6 Å². The van der Waals surface area contributed by atoms with Crippen LogP contribution in [-0.4, -0.2) is 24.7 Å². The first kappa shape index (κ1) is 11.8. The lowest BCUT2D eigenvalue weighted by atomic mass is 10.1. The first-order chi connectivity index (χ1) is 8.00. The van der Waals surface area contributed by atoms with Gasteiger partial charge in [-0.1, -0.05) is 13.0 Å². The molecule has 1 saturated carbocycles. The maximum Gasteiger partial charge on any atom is 0.337 e. The van der Waals surface area contributed by atoms with Gasteiger partial charge in [-0.25, -0.2) is 4.79 Å². The number of carboxylic acids is 1. The van der Waals surface area contributed by atoms with Gasteiger partial charge in [-0.05, 0) is 30.4 Å². The third kappa shape index (κ3) is 2.35. The number of para-hydroxylation sites is 1. The average molecular weight is 234 g/mol. The molecular formula is C13H18N2O2. The number of benzene rings is 1. The number of rotatable bonds is 4. The van der Waals surface area contributed by atoms with Crippen LogP contribution in [-0.2, 0) is 0 Å². The van der Waals surface area contributed by atoms with E-state index in [2.05, 4.69) is 11.8 Å². The number of carbonyl (C=O) groups is 1. The fraction of sp³-hybridized carbons (Fsp3) is 0.462. The molecule has 4 nitrogen and oxygen atoms in total. The lowest BCUT2D eigenvalue weighted by molar-refractivity contribution is 0.0698. The normalized spacial score (nSPS) is 22.2. The molecule has 2 unspecified atom stereocenters. The number of carboxylic acid groups (broad SMARTS) is 1. The van der Waals surface area contributed by atoms with Crippen LogP contribution in [0.15, 0.2) is 18.2 Å². The standard InChI is InChI=1S/C13H18N2O2/c1-8-6-9(8)7-15(2)11-5-3-4-10(12(11)14)13(16)17/h3-5,8-9H,6-7,14H2,1-2H3,(H,16,17). The summed E-state index contributed by atoms with van der Waals surface area (Å²) in [4.78, 5) is 13.0. The second kappa shape index (κ2) is 4.28. The molecule has 2 atom stereocenters. The quantitative estimate of drug-likeness (QED) is 0.782. The van der Waals surface area contributed by atoms with Crippen molar-refractivity contribution < 1.29 is 9.90 Å². The molecule has 0 radical (unpaired) electrons. The molecule has 1 aliphatic carbocycles. The first-order valence-electron chi connectivity index (χ1n) is 5.83. The minimum absolute atomic E-state index is 0.179. The second-order valence-electron chi connectivity index (χ2n) is 4.90. The van der Waals surface area contributed by atoms with Crippen LogP contribution in [0.1, 0.15) is 23.7 Å². The lowest BCUT2D eigenvalue weighted by Gasteiger charge is -2.21. The number of anilines is 2. The third-order valence-electron chi connectivity index (χ3n) is 3.51. The number of aromatic carboxylic acids is 1. The molecule has 0 saturated heterocycles. The minimum atomic E-state index is -0.975. The molecule has 0 aromatic heterocycles. The second-order valence-corrected chi connectivity index (χ2v) is 4.90. The van der Waals surface area contributed by atoms with Crippen molar-refractivity contribution in [2.24, 2.45) is 11.8 Å². The van der Waals surface area contributed by atoms with Gasteiger partial charge in [-0.3, -0.25) is 0 Å². The number of hydrogen-bond acceptors (Lipinski definition) is 3. The molecule has 4 heteroatoms. The molecule has 17 heavy (non-hydrogen) atoms. The van der Waals surface area contributed by atoms with E-state index in [0.29, 0.717) is 11.6 Å². The van der Waals surface area contributed by atoms with Crippen molar-refractivity contribution in [2.45, 2.75) is 13.3 Å². The van der Waals surface area contributed by atoms with E-state index in [4.69, 9.17) is 10.8 Å². The maximum atomic E-state index is 11.0. The van der Waals surface area contributed by atoms with Gasteiger partial charge >= 0.3 is 5.97 Å². The Labute approximate surface area is 101 Å². The SMILES string of the molecule is CC1CC1CN(C)c1cccc(C(=O)O)c1N. The van der Waals surface area contributed by atoms with E-state index in [1.807, 2.05) is 13.1 Å².